The molecule has 13 aromatic rings. The lowest BCUT2D eigenvalue weighted by Gasteiger charge is -2.20. The van der Waals surface area contributed by atoms with E-state index in [0.717, 1.165) is 39.7 Å². The maximum atomic E-state index is 5.99. The summed E-state index contributed by atoms with van der Waals surface area (Å²) in [6.45, 7) is 9.33. The summed E-state index contributed by atoms with van der Waals surface area (Å²) < 4.78 is 7.03. The molecule has 0 bridgehead atoms. The Labute approximate surface area is 463 Å². The molecule has 0 radical (unpaired) electrons. The predicted octanol–water partition coefficient (Wildman–Crippen LogP) is 16.3. The maximum Gasteiger partial charge on any atom is 0.238 e. The fourth-order valence-electron chi connectivity index (χ4n) is 12.2. The highest BCUT2D eigenvalue weighted by Gasteiger charge is 2.42. The topological polar surface area (TPSA) is 92.1 Å². The summed E-state index contributed by atoms with van der Waals surface area (Å²) in [5, 5.41) is 2.59. The van der Waals surface area contributed by atoms with Crippen LogP contribution < -0.4 is 0 Å². The van der Waals surface area contributed by atoms with Gasteiger partial charge in [0.15, 0.2) is 23.3 Å². The van der Waals surface area contributed by atoms with Gasteiger partial charge in [-0.25, -0.2) is 9.97 Å². The van der Waals surface area contributed by atoms with Crippen molar-refractivity contribution in [1.29, 1.82) is 0 Å². The lowest BCUT2D eigenvalue weighted by Crippen LogP contribution is -2.17. The monoisotopic (exact) mass is 1040 g/mol. The molecule has 0 spiro atoms. The van der Waals surface area contributed by atoms with Gasteiger partial charge in [-0.2, -0.15) is 19.9 Å². The van der Waals surface area contributed by atoms with Crippen molar-refractivity contribution in [3.8, 4) is 74.0 Å². The molecule has 0 N–H and O–H groups in total. The van der Waals surface area contributed by atoms with Crippen LogP contribution in [0.3, 0.4) is 0 Å². The second kappa shape index (κ2) is 18.9. The van der Waals surface area contributed by atoms with E-state index in [9.17, 15) is 0 Å². The molecule has 0 saturated heterocycles. The van der Waals surface area contributed by atoms with Gasteiger partial charge in [-0.1, -0.05) is 228 Å². The first-order chi connectivity index (χ1) is 38.6. The molecule has 0 unspecified atom stereocenters. The van der Waals surface area contributed by atoms with Crippen LogP contribution >= 0.6 is 11.6 Å². The molecule has 2 aliphatic heterocycles. The van der Waals surface area contributed by atoms with Crippen molar-refractivity contribution in [1.82, 2.24) is 43.6 Å². The highest BCUT2D eigenvalue weighted by molar-refractivity contribution is 6.28. The van der Waals surface area contributed by atoms with Crippen molar-refractivity contribution in [2.45, 2.75) is 44.9 Å². The molecule has 79 heavy (non-hydrogen) atoms. The lowest BCUT2D eigenvalue weighted by atomic mass is 9.81. The van der Waals surface area contributed by atoms with Crippen LogP contribution in [0, 0.1) is 0 Å². The molecular weight excluding hydrogens is 990 g/mol. The smallest absolute Gasteiger partial charge is 0.238 e. The number of hydrogen-bond acceptors (Lipinski definition) is 6. The van der Waals surface area contributed by atoms with Crippen LogP contribution in [0.15, 0.2) is 231 Å². The second-order valence-electron chi connectivity index (χ2n) is 21.3. The van der Waals surface area contributed by atoms with Crippen LogP contribution in [0.2, 0.25) is 5.28 Å². The number of nitrogens with zero attached hydrogens (tertiary/aromatic N) is 9. The first kappa shape index (κ1) is 47.8. The largest absolute Gasteiger partial charge is 0.319 e. The van der Waals surface area contributed by atoms with Crippen LogP contribution in [0.5, 0.6) is 0 Å². The zero-order chi connectivity index (χ0) is 53.4. The molecule has 0 saturated carbocycles. The van der Waals surface area contributed by atoms with Gasteiger partial charge in [0.05, 0.1) is 16.7 Å². The normalized spacial score (nSPS) is 13.5. The molecule has 16 rings (SSSR count). The first-order valence-electron chi connectivity index (χ1n) is 26.7. The van der Waals surface area contributed by atoms with Crippen LogP contribution in [0.1, 0.15) is 61.3 Å². The zero-order valence-electron chi connectivity index (χ0n) is 44.0. The molecule has 3 aliphatic rings. The molecule has 5 aromatic heterocycles. The first-order valence-corrected chi connectivity index (χ1v) is 27.1. The Hall–Kier alpha value is -9.57. The summed E-state index contributed by atoms with van der Waals surface area (Å²) in [6, 6.07) is 74.6. The summed E-state index contributed by atoms with van der Waals surface area (Å²) >= 11 is 5.99. The van der Waals surface area contributed by atoms with Crippen molar-refractivity contribution in [3.63, 3.8) is 0 Å². The van der Waals surface area contributed by atoms with Crippen molar-refractivity contribution in [2.24, 2.45) is 0 Å². The number of halogens is 1. The molecule has 7 heterocycles. The number of rotatable bonds is 5. The van der Waals surface area contributed by atoms with Gasteiger partial charge >= 0.3 is 0 Å². The van der Waals surface area contributed by atoms with E-state index in [-0.39, 0.29) is 16.1 Å². The van der Waals surface area contributed by atoms with Gasteiger partial charge in [0.25, 0.3) is 0 Å². The van der Waals surface area contributed by atoms with Crippen molar-refractivity contribution in [2.75, 3.05) is 0 Å². The van der Waals surface area contributed by atoms with E-state index in [1.807, 2.05) is 121 Å². The van der Waals surface area contributed by atoms with E-state index in [0.29, 0.717) is 29.2 Å². The fraction of sp³-hybridized carbons (Fsp3) is 0.101. The number of hydrogen-bond donors (Lipinski definition) is 0. The minimum absolute atomic E-state index is 0.0895. The Bertz CT molecular complexity index is 4350. The van der Waals surface area contributed by atoms with Crippen LogP contribution in [0.25, 0.3) is 95.8 Å². The summed E-state index contributed by atoms with van der Waals surface area (Å²) in [4.78, 5) is 27.9. The zero-order valence-corrected chi connectivity index (χ0v) is 44.8. The van der Waals surface area contributed by atoms with Gasteiger partial charge < -0.3 is 9.13 Å². The summed E-state index contributed by atoms with van der Waals surface area (Å²) in [5.41, 5.74) is 19.8. The second-order valence-corrected chi connectivity index (χ2v) is 21.7. The predicted molar refractivity (Wildman–Crippen MR) is 318 cm³/mol. The van der Waals surface area contributed by atoms with Gasteiger partial charge in [0.2, 0.25) is 11.2 Å². The molecule has 0 atom stereocenters. The lowest BCUT2D eigenvalue weighted by molar-refractivity contribution is 0.636. The molecule has 9 nitrogen and oxygen atoms in total. The fourth-order valence-corrected chi connectivity index (χ4v) is 12.4. The summed E-state index contributed by atoms with van der Waals surface area (Å²) in [6.07, 6.45) is 5.71. The van der Waals surface area contributed by atoms with Crippen molar-refractivity contribution < 1.29 is 0 Å². The van der Waals surface area contributed by atoms with Crippen LogP contribution in [-0.4, -0.2) is 43.6 Å². The highest BCUT2D eigenvalue weighted by atomic mass is 35.5. The van der Waals surface area contributed by atoms with E-state index < -0.39 is 0 Å². The van der Waals surface area contributed by atoms with E-state index in [2.05, 4.69) is 166 Å². The Kier molecular flexibility index (Phi) is 11.4. The molecule has 1 aliphatic carbocycles. The Morgan fingerprint density at radius 2 is 0.823 bits per heavy atom. The van der Waals surface area contributed by atoms with Crippen LogP contribution in [0.4, 0.5) is 0 Å². The van der Waals surface area contributed by atoms with Crippen molar-refractivity contribution >= 4 is 33.4 Å². The number of benzene rings is 8. The third kappa shape index (κ3) is 7.99. The quantitative estimate of drug-likeness (QED) is 0.171. The van der Waals surface area contributed by atoms with E-state index >= 15 is 0 Å². The van der Waals surface area contributed by atoms with Crippen LogP contribution in [-0.2, 0) is 17.3 Å². The standard InChI is InChI=1S/C34H25N5.C20H17N.C15H10ClN3/c1-34(2)26-18-10-12-20-28(26)38-21-25-24-17-9-11-19-27(24)39(29(25)30(34)38)33-36-31(22-13-5-3-6-14-22)35-32(37-33)23-15-7-4-8-16-23;1-20(2)17-9-5-6-10-18(17)21-12-16-14-8-4-3-7-13(14)11-15(16)19(20)21;16-15-18-13(11-7-3-1-4-8-11)17-14(19-15)12-9-5-2-6-10-12/h3-21H,1-2H3;3-10,12H,11H2,1-2H3;1-10H. The van der Waals surface area contributed by atoms with Gasteiger partial charge in [-0.05, 0) is 57.6 Å². The average Bonchev–Trinajstić information content (AvgIpc) is 2.89. The molecule has 380 valence electrons. The maximum absolute atomic E-state index is 5.99. The number of fused-ring (bicyclic) bond motifs is 14. The molecule has 0 fully saturated rings. The number of para-hydroxylation sites is 3. The number of aromatic nitrogens is 9. The molecular formula is C69H52ClN9. The molecule has 0 amide bonds. The Balaban J connectivity index is 0.000000118. The van der Waals surface area contributed by atoms with Gasteiger partial charge in [-0.3, -0.25) is 4.57 Å². The van der Waals surface area contributed by atoms with Gasteiger partial charge in [0.1, 0.15) is 0 Å². The minimum atomic E-state index is -0.192. The SMILES string of the molecule is CC1(C)c2ccccc2-n2cc3c(c21)Cc1ccccc1-3.CC1(C)c2ccccc2-n2cc3c4ccccc4n(-c4nc(-c5ccccc5)nc(-c5ccccc5)n4)c3c21.Clc1nc(-c2ccccc2)nc(-c2ccccc2)n1. The average molecular weight is 1040 g/mol. The minimum Gasteiger partial charge on any atom is -0.319 e. The van der Waals surface area contributed by atoms with Gasteiger partial charge in [0, 0.05) is 85.3 Å². The molecule has 8 aromatic carbocycles. The van der Waals surface area contributed by atoms with E-state index in [4.69, 9.17) is 26.6 Å². The Morgan fingerprint density at radius 1 is 0.392 bits per heavy atom. The highest BCUT2D eigenvalue weighted by Crippen LogP contribution is 2.52. The third-order valence-corrected chi connectivity index (χ3v) is 16.0. The van der Waals surface area contributed by atoms with Crippen molar-refractivity contribution in [3.05, 3.63) is 270 Å². The third-order valence-electron chi connectivity index (χ3n) is 15.8. The summed E-state index contributed by atoms with van der Waals surface area (Å²) in [7, 11) is 0. The van der Waals surface area contributed by atoms with E-state index in [1.165, 1.54) is 66.9 Å². The van der Waals surface area contributed by atoms with Gasteiger partial charge in [-0.15, -0.1) is 0 Å². The Morgan fingerprint density at radius 3 is 1.37 bits per heavy atom. The molecule has 10 heteroatoms. The van der Waals surface area contributed by atoms with E-state index in [1.54, 1.807) is 0 Å². The summed E-state index contributed by atoms with van der Waals surface area (Å²) in [5.74, 6) is 3.10.